The number of nitrogens with one attached hydrogen (secondary N) is 1. The van der Waals surface area contributed by atoms with Crippen molar-refractivity contribution in [2.75, 3.05) is 31.6 Å². The Morgan fingerprint density at radius 1 is 1.15 bits per heavy atom. The molecule has 1 N–H and O–H groups in total. The number of rotatable bonds is 3. The first-order chi connectivity index (χ1) is 12.5. The maximum Gasteiger partial charge on any atom is 0.317 e. The van der Waals surface area contributed by atoms with Crippen LogP contribution in [0.25, 0.3) is 0 Å². The first kappa shape index (κ1) is 18.2. The van der Waals surface area contributed by atoms with Crippen LogP contribution in [0.2, 0.25) is 0 Å². The van der Waals surface area contributed by atoms with Crippen LogP contribution in [0.1, 0.15) is 24.8 Å². The van der Waals surface area contributed by atoms with Crippen LogP contribution in [-0.4, -0.2) is 55.6 Å². The van der Waals surface area contributed by atoms with Gasteiger partial charge in [0.15, 0.2) is 0 Å². The van der Waals surface area contributed by atoms with Gasteiger partial charge in [0.1, 0.15) is 0 Å². The maximum atomic E-state index is 12.5. The Kier molecular flexibility index (Phi) is 5.44. The van der Waals surface area contributed by atoms with Gasteiger partial charge in [-0.3, -0.25) is 9.59 Å². The summed E-state index contributed by atoms with van der Waals surface area (Å²) >= 11 is 0. The largest absolute Gasteiger partial charge is 0.469 e. The molecule has 2 fully saturated rings. The zero-order valence-corrected chi connectivity index (χ0v) is 15.2. The van der Waals surface area contributed by atoms with Gasteiger partial charge in [-0.15, -0.1) is 0 Å². The smallest absolute Gasteiger partial charge is 0.317 e. The van der Waals surface area contributed by atoms with Gasteiger partial charge in [-0.1, -0.05) is 17.7 Å². The van der Waals surface area contributed by atoms with Gasteiger partial charge in [0.2, 0.25) is 5.91 Å². The fraction of sp³-hybridized carbons (Fsp3) is 0.526. The van der Waals surface area contributed by atoms with E-state index in [1.165, 1.54) is 7.11 Å². The molecule has 3 amide bonds. The van der Waals surface area contributed by atoms with E-state index < -0.39 is 0 Å². The van der Waals surface area contributed by atoms with Crippen LogP contribution in [0.5, 0.6) is 0 Å². The van der Waals surface area contributed by atoms with E-state index in [0.29, 0.717) is 38.9 Å². The highest BCUT2D eigenvalue weighted by Gasteiger charge is 2.34. The second-order valence-electron chi connectivity index (χ2n) is 6.97. The highest BCUT2D eigenvalue weighted by molar-refractivity contribution is 5.96. The fourth-order valence-electron chi connectivity index (χ4n) is 3.53. The van der Waals surface area contributed by atoms with Crippen molar-refractivity contribution in [1.29, 1.82) is 0 Å². The molecular formula is C19H25N3O4. The number of anilines is 1. The number of likely N-dealkylation sites (tertiary alicyclic amines) is 1. The molecule has 1 aromatic carbocycles. The van der Waals surface area contributed by atoms with E-state index in [-0.39, 0.29) is 29.9 Å². The average Bonchev–Trinajstić information content (AvgIpc) is 3.02. The molecular weight excluding hydrogens is 334 g/mol. The van der Waals surface area contributed by atoms with Crippen LogP contribution in [0, 0.1) is 12.8 Å². The lowest BCUT2D eigenvalue weighted by atomic mass is 9.97. The molecule has 0 aliphatic carbocycles. The lowest BCUT2D eigenvalue weighted by Crippen LogP contribution is -2.49. The molecule has 2 aliphatic heterocycles. The molecule has 1 unspecified atom stereocenters. The molecule has 0 bridgehead atoms. The predicted molar refractivity (Wildman–Crippen MR) is 96.8 cm³/mol. The highest BCUT2D eigenvalue weighted by Crippen LogP contribution is 2.23. The number of amides is 3. The lowest BCUT2D eigenvalue weighted by molar-refractivity contribution is -0.146. The van der Waals surface area contributed by atoms with E-state index in [1.54, 1.807) is 9.80 Å². The lowest BCUT2D eigenvalue weighted by Gasteiger charge is -2.31. The molecule has 0 radical (unpaired) electrons. The summed E-state index contributed by atoms with van der Waals surface area (Å²) in [6, 6.07) is 7.43. The van der Waals surface area contributed by atoms with E-state index in [9.17, 15) is 14.4 Å². The summed E-state index contributed by atoms with van der Waals surface area (Å²) in [5, 5.41) is 2.96. The second-order valence-corrected chi connectivity index (χ2v) is 6.97. The number of aryl methyl sites for hydroxylation is 1. The quantitative estimate of drug-likeness (QED) is 0.833. The third kappa shape index (κ3) is 3.98. The van der Waals surface area contributed by atoms with Gasteiger partial charge in [0.05, 0.1) is 19.1 Å². The minimum Gasteiger partial charge on any atom is -0.469 e. The average molecular weight is 359 g/mol. The summed E-state index contributed by atoms with van der Waals surface area (Å²) in [4.78, 5) is 39.7. The van der Waals surface area contributed by atoms with Crippen LogP contribution in [0.4, 0.5) is 10.5 Å². The predicted octanol–water partition coefficient (Wildman–Crippen LogP) is 1.69. The van der Waals surface area contributed by atoms with Gasteiger partial charge < -0.3 is 19.9 Å². The summed E-state index contributed by atoms with van der Waals surface area (Å²) in [6.07, 6.45) is 1.52. The highest BCUT2D eigenvalue weighted by atomic mass is 16.5. The molecule has 0 spiro atoms. The normalized spacial score (nSPS) is 21.0. The van der Waals surface area contributed by atoms with E-state index in [1.807, 2.05) is 31.2 Å². The fourth-order valence-corrected chi connectivity index (χ4v) is 3.53. The zero-order chi connectivity index (χ0) is 18.7. The van der Waals surface area contributed by atoms with E-state index in [2.05, 4.69) is 5.32 Å². The molecule has 140 valence electrons. The van der Waals surface area contributed by atoms with E-state index in [4.69, 9.17) is 4.74 Å². The second kappa shape index (κ2) is 7.76. The molecule has 3 rings (SSSR count). The number of methoxy groups -OCH3 is 1. The van der Waals surface area contributed by atoms with Crippen molar-refractivity contribution in [3.8, 4) is 0 Å². The van der Waals surface area contributed by atoms with Crippen molar-refractivity contribution in [2.24, 2.45) is 5.92 Å². The summed E-state index contributed by atoms with van der Waals surface area (Å²) in [6.45, 7) is 3.52. The third-order valence-corrected chi connectivity index (χ3v) is 5.11. The molecule has 26 heavy (non-hydrogen) atoms. The molecule has 2 aliphatic rings. The van der Waals surface area contributed by atoms with Gasteiger partial charge in [-0.25, -0.2) is 4.79 Å². The number of urea groups is 1. The number of carbonyl (C=O) groups is 3. The van der Waals surface area contributed by atoms with Crippen LogP contribution in [0.3, 0.4) is 0 Å². The number of benzene rings is 1. The minimum absolute atomic E-state index is 0.0172. The van der Waals surface area contributed by atoms with Gasteiger partial charge in [-0.2, -0.15) is 0 Å². The molecule has 0 aromatic heterocycles. The summed E-state index contributed by atoms with van der Waals surface area (Å²) in [7, 11) is 1.39. The number of nitrogens with zero attached hydrogens (tertiary/aromatic N) is 2. The number of carbonyl (C=O) groups excluding carboxylic acids is 3. The monoisotopic (exact) mass is 359 g/mol. The van der Waals surface area contributed by atoms with Crippen molar-refractivity contribution in [3.05, 3.63) is 29.8 Å². The number of hydrogen-bond acceptors (Lipinski definition) is 4. The Balaban J connectivity index is 1.52. The minimum atomic E-state index is -0.208. The van der Waals surface area contributed by atoms with Gasteiger partial charge in [0.25, 0.3) is 0 Å². The van der Waals surface area contributed by atoms with Crippen LogP contribution >= 0.6 is 0 Å². The molecule has 7 nitrogen and oxygen atoms in total. The molecule has 1 atom stereocenters. The van der Waals surface area contributed by atoms with E-state index >= 15 is 0 Å². The Hall–Kier alpha value is -2.57. The molecule has 1 aromatic rings. The molecule has 2 saturated heterocycles. The summed E-state index contributed by atoms with van der Waals surface area (Å²) in [5.74, 6) is -0.321. The number of esters is 1. The van der Waals surface area contributed by atoms with Crippen LogP contribution in [-0.2, 0) is 14.3 Å². The Morgan fingerprint density at radius 2 is 1.81 bits per heavy atom. The van der Waals surface area contributed by atoms with Crippen molar-refractivity contribution < 1.29 is 19.1 Å². The van der Waals surface area contributed by atoms with Crippen LogP contribution < -0.4 is 10.2 Å². The number of piperidine rings is 1. The maximum absolute atomic E-state index is 12.5. The van der Waals surface area contributed by atoms with Gasteiger partial charge in [-0.05, 0) is 31.9 Å². The topological polar surface area (TPSA) is 79.0 Å². The van der Waals surface area contributed by atoms with Crippen molar-refractivity contribution >= 4 is 23.6 Å². The summed E-state index contributed by atoms with van der Waals surface area (Å²) in [5.41, 5.74) is 2.00. The van der Waals surface area contributed by atoms with Gasteiger partial charge >= 0.3 is 12.0 Å². The molecule has 0 saturated carbocycles. The third-order valence-electron chi connectivity index (χ3n) is 5.11. The summed E-state index contributed by atoms with van der Waals surface area (Å²) < 4.78 is 4.76. The Labute approximate surface area is 153 Å². The standard InChI is InChI=1S/C19H25N3O4/c1-13-3-5-16(6-4-13)22-12-15(11-17(22)23)20-19(25)21-9-7-14(8-10-21)18(24)26-2/h3-6,14-15H,7-12H2,1-2H3,(H,20,25). The van der Waals surface area contributed by atoms with Crippen molar-refractivity contribution in [2.45, 2.75) is 32.2 Å². The van der Waals surface area contributed by atoms with Crippen molar-refractivity contribution in [3.63, 3.8) is 0 Å². The molecule has 2 heterocycles. The first-order valence-electron chi connectivity index (χ1n) is 8.98. The van der Waals surface area contributed by atoms with Crippen molar-refractivity contribution in [1.82, 2.24) is 10.2 Å². The van der Waals surface area contributed by atoms with E-state index in [0.717, 1.165) is 11.3 Å². The zero-order valence-electron chi connectivity index (χ0n) is 15.2. The van der Waals surface area contributed by atoms with Gasteiger partial charge in [0, 0.05) is 31.7 Å². The number of ether oxygens (including phenoxy) is 1. The van der Waals surface area contributed by atoms with Crippen LogP contribution in [0.15, 0.2) is 24.3 Å². The Morgan fingerprint density at radius 3 is 2.42 bits per heavy atom. The number of hydrogen-bond donors (Lipinski definition) is 1. The first-order valence-corrected chi connectivity index (χ1v) is 8.98. The molecule has 7 heteroatoms. The SMILES string of the molecule is COC(=O)C1CCN(C(=O)NC2CC(=O)N(c3ccc(C)cc3)C2)CC1. The Bertz CT molecular complexity index is 681.